The fraction of sp³-hybridized carbons (Fsp3) is 0.304. The van der Waals surface area contributed by atoms with Crippen molar-refractivity contribution in [1.29, 1.82) is 0 Å². The highest BCUT2D eigenvalue weighted by Crippen LogP contribution is 2.40. The van der Waals surface area contributed by atoms with Gasteiger partial charge in [-0.15, -0.1) is 10.2 Å². The van der Waals surface area contributed by atoms with Crippen molar-refractivity contribution in [1.82, 2.24) is 15.1 Å². The Balaban J connectivity index is 1.47. The second-order valence-electron chi connectivity index (χ2n) is 7.00. The van der Waals surface area contributed by atoms with Crippen LogP contribution in [-0.4, -0.2) is 49.5 Å². The van der Waals surface area contributed by atoms with Crippen LogP contribution in [0.1, 0.15) is 17.9 Å². The lowest BCUT2D eigenvalue weighted by Gasteiger charge is -2.25. The number of ether oxygens (including phenoxy) is 3. The van der Waals surface area contributed by atoms with E-state index in [0.717, 1.165) is 19.5 Å². The van der Waals surface area contributed by atoms with Gasteiger partial charge in [-0.1, -0.05) is 36.4 Å². The highest BCUT2D eigenvalue weighted by molar-refractivity contribution is 5.67. The molecule has 3 aromatic rings. The predicted molar refractivity (Wildman–Crippen MR) is 114 cm³/mol. The molecule has 0 fully saturated rings. The van der Waals surface area contributed by atoms with Crippen molar-refractivity contribution in [3.63, 3.8) is 0 Å². The summed E-state index contributed by atoms with van der Waals surface area (Å²) in [5.41, 5.74) is 3.39. The highest BCUT2D eigenvalue weighted by atomic mass is 16.5. The van der Waals surface area contributed by atoms with Crippen LogP contribution in [0.4, 0.5) is 0 Å². The largest absolute Gasteiger partial charge is 0.493 e. The summed E-state index contributed by atoms with van der Waals surface area (Å²) in [6.45, 7) is 2.41. The number of aromatic nitrogens is 2. The van der Waals surface area contributed by atoms with Gasteiger partial charge in [-0.3, -0.25) is 4.90 Å². The molecule has 0 aliphatic carbocycles. The lowest BCUT2D eigenvalue weighted by Crippen LogP contribution is -2.28. The van der Waals surface area contributed by atoms with Crippen LogP contribution in [0.15, 0.2) is 53.0 Å². The van der Waals surface area contributed by atoms with E-state index in [0.29, 0.717) is 41.1 Å². The van der Waals surface area contributed by atoms with E-state index in [2.05, 4.69) is 45.4 Å². The minimum absolute atomic E-state index is 0.418. The van der Waals surface area contributed by atoms with Gasteiger partial charge >= 0.3 is 0 Å². The number of hydrogen-bond acceptors (Lipinski definition) is 7. The van der Waals surface area contributed by atoms with Crippen LogP contribution in [0, 0.1) is 0 Å². The van der Waals surface area contributed by atoms with E-state index >= 15 is 0 Å². The topological polar surface area (TPSA) is 69.9 Å². The molecule has 156 valence electrons. The maximum Gasteiger partial charge on any atom is 0.248 e. The Morgan fingerprint density at radius 3 is 2.27 bits per heavy atom. The minimum Gasteiger partial charge on any atom is -0.493 e. The zero-order valence-electron chi connectivity index (χ0n) is 17.4. The van der Waals surface area contributed by atoms with E-state index in [1.165, 1.54) is 11.1 Å². The van der Waals surface area contributed by atoms with Gasteiger partial charge in [-0.05, 0) is 29.7 Å². The monoisotopic (exact) mass is 407 g/mol. The molecule has 30 heavy (non-hydrogen) atoms. The lowest BCUT2D eigenvalue weighted by atomic mass is 10.00. The Labute approximate surface area is 175 Å². The van der Waals surface area contributed by atoms with Gasteiger partial charge < -0.3 is 18.6 Å². The zero-order valence-corrected chi connectivity index (χ0v) is 17.4. The normalized spacial score (nSPS) is 14.3. The van der Waals surface area contributed by atoms with Gasteiger partial charge in [0.2, 0.25) is 17.5 Å². The van der Waals surface area contributed by atoms with Crippen LogP contribution in [0.5, 0.6) is 17.2 Å². The van der Waals surface area contributed by atoms with E-state index in [1.807, 2.05) is 6.07 Å². The number of nitrogens with zero attached hydrogens (tertiary/aromatic N) is 3. The number of rotatable bonds is 7. The fourth-order valence-corrected chi connectivity index (χ4v) is 3.60. The van der Waals surface area contributed by atoms with E-state index < -0.39 is 0 Å². The number of methoxy groups -OCH3 is 3. The van der Waals surface area contributed by atoms with Crippen molar-refractivity contribution in [3.8, 4) is 28.7 Å². The van der Waals surface area contributed by atoms with Crippen molar-refractivity contribution in [2.24, 2.45) is 0 Å². The summed E-state index contributed by atoms with van der Waals surface area (Å²) in [5.74, 6) is 2.61. The van der Waals surface area contributed by atoms with Gasteiger partial charge in [0.15, 0.2) is 11.5 Å². The zero-order chi connectivity index (χ0) is 20.9. The molecule has 7 heteroatoms. The highest BCUT2D eigenvalue weighted by Gasteiger charge is 2.19. The van der Waals surface area contributed by atoms with Gasteiger partial charge in [-0.2, -0.15) is 0 Å². The molecule has 1 aliphatic heterocycles. The second kappa shape index (κ2) is 9.00. The maximum atomic E-state index is 5.92. The summed E-state index contributed by atoms with van der Waals surface area (Å²) in [6, 6.07) is 14.1. The van der Waals surface area contributed by atoms with Crippen LogP contribution in [0.25, 0.3) is 17.0 Å². The summed E-state index contributed by atoms with van der Waals surface area (Å²) in [6.07, 6.45) is 3.27. The molecule has 7 nitrogen and oxygen atoms in total. The fourth-order valence-electron chi connectivity index (χ4n) is 3.60. The Morgan fingerprint density at radius 1 is 0.933 bits per heavy atom. The van der Waals surface area contributed by atoms with E-state index in [-0.39, 0.29) is 0 Å². The third kappa shape index (κ3) is 4.16. The van der Waals surface area contributed by atoms with Gasteiger partial charge in [-0.25, -0.2) is 0 Å². The van der Waals surface area contributed by atoms with Crippen molar-refractivity contribution in [3.05, 3.63) is 60.0 Å². The smallest absolute Gasteiger partial charge is 0.248 e. The maximum absolute atomic E-state index is 5.92. The molecule has 0 N–H and O–H groups in total. The number of benzene rings is 2. The molecule has 1 aromatic heterocycles. The van der Waals surface area contributed by atoms with Gasteiger partial charge in [0.25, 0.3) is 0 Å². The second-order valence-corrected chi connectivity index (χ2v) is 7.00. The molecule has 0 saturated carbocycles. The first-order chi connectivity index (χ1) is 14.7. The van der Waals surface area contributed by atoms with E-state index in [4.69, 9.17) is 18.6 Å². The summed E-state index contributed by atoms with van der Waals surface area (Å²) in [5, 5.41) is 8.44. The third-order valence-corrected chi connectivity index (χ3v) is 5.18. The Morgan fingerprint density at radius 2 is 1.67 bits per heavy atom. The molecule has 0 unspecified atom stereocenters. The first-order valence-electron chi connectivity index (χ1n) is 9.81. The molecule has 0 amide bonds. The molecular formula is C23H25N3O4. The van der Waals surface area contributed by atoms with E-state index in [9.17, 15) is 0 Å². The van der Waals surface area contributed by atoms with Crippen LogP contribution in [-0.2, 0) is 6.54 Å². The van der Waals surface area contributed by atoms with Crippen LogP contribution < -0.4 is 14.2 Å². The molecule has 4 rings (SSSR count). The lowest BCUT2D eigenvalue weighted by molar-refractivity contribution is 0.263. The summed E-state index contributed by atoms with van der Waals surface area (Å²) in [4.78, 5) is 2.29. The first-order valence-corrected chi connectivity index (χ1v) is 9.81. The standard InChI is InChI=1S/C23H25N3O4/c1-27-19-13-18(14-20(28-2)22(19)29-3)23-25-24-21(30-23)15-26-11-9-17(10-12-26)16-7-5-4-6-8-16/h4-9,13-14H,10-12,15H2,1-3H3. The number of hydrogen-bond donors (Lipinski definition) is 0. The average Bonchev–Trinajstić information content (AvgIpc) is 3.27. The molecule has 0 atom stereocenters. The molecule has 0 spiro atoms. The molecule has 2 heterocycles. The molecule has 0 saturated heterocycles. The van der Waals surface area contributed by atoms with Crippen molar-refractivity contribution < 1.29 is 18.6 Å². The summed E-state index contributed by atoms with van der Waals surface area (Å²) < 4.78 is 22.1. The summed E-state index contributed by atoms with van der Waals surface area (Å²) in [7, 11) is 4.73. The van der Waals surface area contributed by atoms with Gasteiger partial charge in [0.05, 0.1) is 27.9 Å². The van der Waals surface area contributed by atoms with Crippen LogP contribution in [0.2, 0.25) is 0 Å². The molecule has 0 bridgehead atoms. The van der Waals surface area contributed by atoms with Crippen molar-refractivity contribution in [2.75, 3.05) is 34.4 Å². The minimum atomic E-state index is 0.418. The Kier molecular flexibility index (Phi) is 5.99. The SMILES string of the molecule is COc1cc(-c2nnc(CN3CC=C(c4ccccc4)CC3)o2)cc(OC)c1OC. The van der Waals surface area contributed by atoms with Crippen LogP contribution >= 0.6 is 0 Å². The molecule has 2 aromatic carbocycles. The third-order valence-electron chi connectivity index (χ3n) is 5.18. The van der Waals surface area contributed by atoms with Gasteiger partial charge in [0, 0.05) is 18.7 Å². The first kappa shape index (κ1) is 20.0. The molecule has 0 radical (unpaired) electrons. The Bertz CT molecular complexity index is 1000. The van der Waals surface area contributed by atoms with Crippen LogP contribution in [0.3, 0.4) is 0 Å². The molecular weight excluding hydrogens is 382 g/mol. The van der Waals surface area contributed by atoms with E-state index in [1.54, 1.807) is 33.5 Å². The molecule has 1 aliphatic rings. The Hall–Kier alpha value is -3.32. The quantitative estimate of drug-likeness (QED) is 0.585. The predicted octanol–water partition coefficient (Wildman–Crippen LogP) is 4.05. The van der Waals surface area contributed by atoms with Gasteiger partial charge in [0.1, 0.15) is 0 Å². The average molecular weight is 407 g/mol. The van der Waals surface area contributed by atoms with Crippen molar-refractivity contribution >= 4 is 5.57 Å². The van der Waals surface area contributed by atoms with Crippen molar-refractivity contribution in [2.45, 2.75) is 13.0 Å². The summed E-state index contributed by atoms with van der Waals surface area (Å²) >= 11 is 0.